The lowest BCUT2D eigenvalue weighted by molar-refractivity contribution is 0.367. The molecule has 0 amide bonds. The Balaban J connectivity index is 0.00000423. The summed E-state index contributed by atoms with van der Waals surface area (Å²) in [5, 5.41) is 7.78. The molecule has 0 bridgehead atoms. The second-order valence-electron chi connectivity index (χ2n) is 10.1. The Morgan fingerprint density at radius 3 is 2.47 bits per heavy atom. The number of hydrogen-bond acceptors (Lipinski definition) is 8. The molecule has 5 rings (SSSR count). The van der Waals surface area contributed by atoms with Crippen LogP contribution in [0.4, 0.5) is 23.5 Å². The Hall–Kier alpha value is -3.15. The lowest BCUT2D eigenvalue weighted by Gasteiger charge is -2.32. The van der Waals surface area contributed by atoms with Gasteiger partial charge < -0.3 is 15.0 Å². The van der Waals surface area contributed by atoms with E-state index in [1.807, 2.05) is 36.4 Å². The lowest BCUT2D eigenvalue weighted by Crippen LogP contribution is -2.35. The first-order valence-corrected chi connectivity index (χ1v) is 15.9. The zero-order valence-corrected chi connectivity index (χ0v) is 28.8. The minimum absolute atomic E-state index is 0. The third kappa shape index (κ3) is 9.42. The number of aryl methyl sites for hydroxylation is 1. The van der Waals surface area contributed by atoms with Gasteiger partial charge in [0.05, 0.1) is 9.78 Å². The first-order chi connectivity index (χ1) is 20.5. The number of nitrogens with one attached hydrogen (secondary N) is 2. The number of rotatable bonds is 10. The normalized spacial score (nSPS) is 13.3. The molecular weight excluding hydrogens is 788 g/mol. The van der Waals surface area contributed by atoms with Crippen molar-refractivity contribution in [2.75, 3.05) is 35.3 Å². The molecule has 11 heteroatoms. The second-order valence-corrected chi connectivity index (χ2v) is 12.5. The SMILES string of the molecule is C#CCOc1c(I)cc(I)cc1C=NNc1nc(Nc2ccc(C)cc2)nc(N2CCC(Cc3ccccc3)CC2)n1.Cl. The van der Waals surface area contributed by atoms with Crippen LogP contribution in [0.3, 0.4) is 0 Å². The summed E-state index contributed by atoms with van der Waals surface area (Å²) in [7, 11) is 0. The van der Waals surface area contributed by atoms with Gasteiger partial charge in [0.25, 0.3) is 0 Å². The van der Waals surface area contributed by atoms with Gasteiger partial charge in [-0.15, -0.1) is 18.8 Å². The summed E-state index contributed by atoms with van der Waals surface area (Å²) in [6.07, 6.45) is 10.4. The fraction of sp³-hybridized carbons (Fsp3) is 0.250. The van der Waals surface area contributed by atoms with E-state index in [0.717, 1.165) is 50.7 Å². The molecule has 3 aromatic carbocycles. The Kier molecular flexibility index (Phi) is 12.2. The molecule has 1 aromatic heterocycles. The van der Waals surface area contributed by atoms with Gasteiger partial charge in [0.2, 0.25) is 17.8 Å². The summed E-state index contributed by atoms with van der Waals surface area (Å²) < 4.78 is 7.81. The molecule has 2 heterocycles. The van der Waals surface area contributed by atoms with Crippen molar-refractivity contribution < 1.29 is 4.74 Å². The minimum atomic E-state index is 0. The highest BCUT2D eigenvalue weighted by Crippen LogP contribution is 2.28. The maximum absolute atomic E-state index is 5.79. The number of terminal acetylenes is 1. The van der Waals surface area contributed by atoms with Crippen LogP contribution in [-0.2, 0) is 6.42 Å². The fourth-order valence-electron chi connectivity index (χ4n) is 4.76. The predicted octanol–water partition coefficient (Wildman–Crippen LogP) is 7.47. The van der Waals surface area contributed by atoms with Crippen molar-refractivity contribution in [1.82, 2.24) is 15.0 Å². The third-order valence-corrected chi connectivity index (χ3v) is 8.33. The van der Waals surface area contributed by atoms with E-state index >= 15 is 0 Å². The van der Waals surface area contributed by atoms with E-state index in [0.29, 0.717) is 29.5 Å². The Bertz CT molecular complexity index is 1570. The van der Waals surface area contributed by atoms with Crippen molar-refractivity contribution in [1.29, 1.82) is 0 Å². The van der Waals surface area contributed by atoms with Gasteiger partial charge in [0.15, 0.2) is 0 Å². The van der Waals surface area contributed by atoms with Crippen molar-refractivity contribution >= 4 is 87.3 Å². The highest BCUT2D eigenvalue weighted by Gasteiger charge is 2.22. The minimum Gasteiger partial charge on any atom is -0.479 e. The standard InChI is InChI=1S/C32H31I2N7O.ClH/c1-3-17-42-29-25(19-26(33)20-28(29)34)21-35-40-31-37-30(36-27-11-9-22(2)10-12-27)38-32(39-31)41-15-13-24(14-16-41)18-23-7-5-4-6-8-23;/h1,4-12,19-21,24H,13-18H2,2H3,(H2,36,37,38,39,40);1H. The summed E-state index contributed by atoms with van der Waals surface area (Å²) in [4.78, 5) is 16.4. The van der Waals surface area contributed by atoms with Crippen LogP contribution in [0.2, 0.25) is 0 Å². The monoisotopic (exact) mass is 819 g/mol. The van der Waals surface area contributed by atoms with E-state index < -0.39 is 0 Å². The topological polar surface area (TPSA) is 87.6 Å². The van der Waals surface area contributed by atoms with Crippen molar-refractivity contribution in [2.45, 2.75) is 26.2 Å². The number of benzene rings is 3. The maximum atomic E-state index is 5.79. The zero-order valence-electron chi connectivity index (χ0n) is 23.6. The summed E-state index contributed by atoms with van der Waals surface area (Å²) in [5.74, 6) is 5.28. The summed E-state index contributed by atoms with van der Waals surface area (Å²) in [6, 6.07) is 22.8. The number of hydrogen-bond donors (Lipinski definition) is 2. The molecule has 0 spiro atoms. The quantitative estimate of drug-likeness (QED) is 0.0744. The van der Waals surface area contributed by atoms with Crippen LogP contribution in [0.15, 0.2) is 71.8 Å². The maximum Gasteiger partial charge on any atom is 0.250 e. The second kappa shape index (κ2) is 16.1. The Morgan fingerprint density at radius 1 is 1.02 bits per heavy atom. The highest BCUT2D eigenvalue weighted by molar-refractivity contribution is 14.1. The molecule has 0 radical (unpaired) electrons. The highest BCUT2D eigenvalue weighted by atomic mass is 127. The fourth-order valence-corrected chi connectivity index (χ4v) is 6.81. The van der Waals surface area contributed by atoms with Gasteiger partial charge in [-0.1, -0.05) is 53.9 Å². The van der Waals surface area contributed by atoms with Crippen LogP contribution in [-0.4, -0.2) is 40.9 Å². The van der Waals surface area contributed by atoms with E-state index in [2.05, 4.69) is 114 Å². The molecule has 8 nitrogen and oxygen atoms in total. The first-order valence-electron chi connectivity index (χ1n) is 13.7. The molecule has 43 heavy (non-hydrogen) atoms. The zero-order chi connectivity index (χ0) is 29.3. The molecule has 1 aliphatic rings. The number of piperidine rings is 1. The van der Waals surface area contributed by atoms with Crippen LogP contribution in [0.5, 0.6) is 5.75 Å². The summed E-state index contributed by atoms with van der Waals surface area (Å²) in [5.41, 5.74) is 7.29. The Labute approximate surface area is 286 Å². The lowest BCUT2D eigenvalue weighted by atomic mass is 9.90. The number of anilines is 4. The average Bonchev–Trinajstić information content (AvgIpc) is 2.99. The molecule has 0 saturated carbocycles. The van der Waals surface area contributed by atoms with Gasteiger partial charge in [0, 0.05) is 27.9 Å². The summed E-state index contributed by atoms with van der Waals surface area (Å²) in [6.45, 7) is 4.00. The molecule has 1 saturated heterocycles. The van der Waals surface area contributed by atoms with Crippen molar-refractivity contribution in [3.8, 4) is 18.1 Å². The molecule has 0 atom stereocenters. The van der Waals surface area contributed by atoms with Gasteiger partial charge in [-0.2, -0.15) is 20.1 Å². The van der Waals surface area contributed by atoms with E-state index in [1.165, 1.54) is 11.1 Å². The predicted molar refractivity (Wildman–Crippen MR) is 194 cm³/mol. The molecule has 1 fully saturated rings. The van der Waals surface area contributed by atoms with Gasteiger partial charge in [0.1, 0.15) is 12.4 Å². The number of ether oxygens (including phenoxy) is 1. The van der Waals surface area contributed by atoms with E-state index in [1.54, 1.807) is 6.21 Å². The number of hydrazone groups is 1. The number of halogens is 3. The summed E-state index contributed by atoms with van der Waals surface area (Å²) >= 11 is 4.51. The van der Waals surface area contributed by atoms with Crippen LogP contribution in [0.1, 0.15) is 29.5 Å². The Morgan fingerprint density at radius 2 is 1.74 bits per heavy atom. The number of aromatic nitrogens is 3. The molecule has 0 unspecified atom stereocenters. The smallest absolute Gasteiger partial charge is 0.250 e. The van der Waals surface area contributed by atoms with Gasteiger partial charge in [-0.3, -0.25) is 0 Å². The van der Waals surface area contributed by atoms with Crippen LogP contribution < -0.4 is 20.4 Å². The largest absolute Gasteiger partial charge is 0.479 e. The molecule has 1 aliphatic heterocycles. The van der Waals surface area contributed by atoms with Gasteiger partial charge in [-0.25, -0.2) is 5.43 Å². The molecular formula is C32H32ClI2N7O. The van der Waals surface area contributed by atoms with Gasteiger partial charge in [-0.05, 0) is 107 Å². The molecule has 2 N–H and O–H groups in total. The van der Waals surface area contributed by atoms with E-state index in [9.17, 15) is 0 Å². The first kappa shape index (κ1) is 32.8. The molecule has 0 aliphatic carbocycles. The van der Waals surface area contributed by atoms with Crippen LogP contribution in [0.25, 0.3) is 0 Å². The van der Waals surface area contributed by atoms with Crippen LogP contribution in [0, 0.1) is 32.3 Å². The van der Waals surface area contributed by atoms with Crippen molar-refractivity contribution in [3.63, 3.8) is 0 Å². The molecule has 4 aromatic rings. The van der Waals surface area contributed by atoms with Gasteiger partial charge >= 0.3 is 0 Å². The van der Waals surface area contributed by atoms with Crippen LogP contribution >= 0.6 is 57.6 Å². The third-order valence-electron chi connectivity index (χ3n) is 6.90. The van der Waals surface area contributed by atoms with Crippen molar-refractivity contribution in [2.24, 2.45) is 11.0 Å². The van der Waals surface area contributed by atoms with E-state index in [4.69, 9.17) is 21.1 Å². The number of nitrogens with zero attached hydrogens (tertiary/aromatic N) is 5. The van der Waals surface area contributed by atoms with Crippen molar-refractivity contribution in [3.05, 3.63) is 90.6 Å². The average molecular weight is 820 g/mol. The van der Waals surface area contributed by atoms with E-state index in [-0.39, 0.29) is 19.0 Å². The molecule has 222 valence electrons.